The maximum Gasteiger partial charge on any atom is 0.316 e. The smallest absolute Gasteiger partial charge is 0.316 e. The van der Waals surface area contributed by atoms with Crippen molar-refractivity contribution in [1.29, 1.82) is 0 Å². The molecule has 2 heterocycles. The third-order valence-corrected chi connectivity index (χ3v) is 4.30. The van der Waals surface area contributed by atoms with E-state index in [-0.39, 0.29) is 0 Å². The van der Waals surface area contributed by atoms with Gasteiger partial charge in [-0.05, 0) is 36.6 Å². The lowest BCUT2D eigenvalue weighted by Crippen LogP contribution is -2.42. The van der Waals surface area contributed by atoms with Crippen molar-refractivity contribution in [3.63, 3.8) is 0 Å². The van der Waals surface area contributed by atoms with Gasteiger partial charge in [0.1, 0.15) is 5.52 Å². The minimum Gasteiger partial charge on any atom is -0.441 e. The van der Waals surface area contributed by atoms with E-state index in [9.17, 15) is 9.59 Å². The van der Waals surface area contributed by atoms with Crippen molar-refractivity contribution in [3.8, 4) is 0 Å². The van der Waals surface area contributed by atoms with Crippen molar-refractivity contribution in [3.05, 3.63) is 53.9 Å². The van der Waals surface area contributed by atoms with Crippen molar-refractivity contribution in [2.45, 2.75) is 19.8 Å². The number of carbonyl (C=O) groups is 2. The van der Waals surface area contributed by atoms with Gasteiger partial charge in [-0.3, -0.25) is 9.59 Å². The molecule has 0 unspecified atom stereocenters. The molecule has 1 N–H and O–H groups in total. The van der Waals surface area contributed by atoms with Crippen LogP contribution in [0.5, 0.6) is 0 Å². The molecule has 3 aromatic rings. The van der Waals surface area contributed by atoms with Crippen LogP contribution in [-0.4, -0.2) is 23.3 Å². The Labute approximate surface area is 144 Å². The average Bonchev–Trinajstić information content (AvgIpc) is 3.00. The number of aromatic nitrogens is 1. The predicted octanol–water partition coefficient (Wildman–Crippen LogP) is 3.05. The maximum absolute atomic E-state index is 12.6. The molecule has 4 rings (SSSR count). The Balaban J connectivity index is 1.55. The highest BCUT2D eigenvalue weighted by atomic mass is 16.3. The summed E-state index contributed by atoms with van der Waals surface area (Å²) in [4.78, 5) is 30.8. The fourth-order valence-electron chi connectivity index (χ4n) is 3.17. The molecule has 2 aromatic carbocycles. The number of hydrogen-bond acceptors (Lipinski definition) is 4. The number of rotatable bonds is 1. The lowest BCUT2D eigenvalue weighted by Gasteiger charge is -2.28. The number of hydrogen-bond donors (Lipinski definition) is 1. The molecule has 0 fully saturated rings. The quantitative estimate of drug-likeness (QED) is 0.694. The van der Waals surface area contributed by atoms with E-state index in [1.807, 2.05) is 24.3 Å². The van der Waals surface area contributed by atoms with E-state index in [2.05, 4.69) is 10.3 Å². The van der Waals surface area contributed by atoms with Gasteiger partial charge in [-0.15, -0.1) is 0 Å². The summed E-state index contributed by atoms with van der Waals surface area (Å²) in [5.41, 5.74) is 3.70. The fourth-order valence-corrected chi connectivity index (χ4v) is 3.17. The molecule has 1 aliphatic heterocycles. The predicted molar refractivity (Wildman–Crippen MR) is 94.5 cm³/mol. The van der Waals surface area contributed by atoms with Gasteiger partial charge in [0.25, 0.3) is 0 Å². The van der Waals surface area contributed by atoms with Crippen LogP contribution in [-0.2, 0) is 16.0 Å². The van der Waals surface area contributed by atoms with Crippen molar-refractivity contribution >= 4 is 34.3 Å². The Hall–Kier alpha value is -3.15. The second-order valence-electron chi connectivity index (χ2n) is 6.06. The van der Waals surface area contributed by atoms with Crippen molar-refractivity contribution in [2.75, 3.05) is 16.8 Å². The zero-order valence-electron chi connectivity index (χ0n) is 13.8. The Morgan fingerprint density at radius 3 is 2.92 bits per heavy atom. The number of oxazole rings is 1. The zero-order chi connectivity index (χ0) is 17.4. The largest absolute Gasteiger partial charge is 0.441 e. The number of nitrogens with one attached hydrogen (secondary N) is 1. The van der Waals surface area contributed by atoms with Crippen LogP contribution < -0.4 is 10.2 Å². The van der Waals surface area contributed by atoms with Gasteiger partial charge in [0.2, 0.25) is 0 Å². The van der Waals surface area contributed by atoms with Crippen LogP contribution in [0.2, 0.25) is 0 Å². The van der Waals surface area contributed by atoms with E-state index in [1.54, 1.807) is 30.0 Å². The molecule has 1 aliphatic rings. The molecule has 1 aromatic heterocycles. The lowest BCUT2D eigenvalue weighted by molar-refractivity contribution is -0.134. The SMILES string of the molecule is Cc1nc2ccc(NC(=O)C(=O)N3CCCc4ccccc43)cc2o1. The molecule has 6 nitrogen and oxygen atoms in total. The summed E-state index contributed by atoms with van der Waals surface area (Å²) < 4.78 is 5.46. The molecular formula is C19H17N3O3. The highest BCUT2D eigenvalue weighted by molar-refractivity contribution is 6.44. The maximum atomic E-state index is 12.6. The van der Waals surface area contributed by atoms with Crippen LogP contribution >= 0.6 is 0 Å². The normalized spacial score (nSPS) is 13.6. The summed E-state index contributed by atoms with van der Waals surface area (Å²) in [6.07, 6.45) is 1.77. The van der Waals surface area contributed by atoms with Gasteiger partial charge < -0.3 is 14.6 Å². The first-order chi connectivity index (χ1) is 12.1. The van der Waals surface area contributed by atoms with Crippen LogP contribution in [0.25, 0.3) is 11.1 Å². The number of anilines is 2. The molecule has 2 amide bonds. The second-order valence-corrected chi connectivity index (χ2v) is 6.06. The van der Waals surface area contributed by atoms with Crippen molar-refractivity contribution in [1.82, 2.24) is 4.98 Å². The topological polar surface area (TPSA) is 75.4 Å². The van der Waals surface area contributed by atoms with Crippen LogP contribution in [0.15, 0.2) is 46.9 Å². The van der Waals surface area contributed by atoms with Crippen LogP contribution in [0.1, 0.15) is 17.9 Å². The average molecular weight is 335 g/mol. The number of nitrogens with zero attached hydrogens (tertiary/aromatic N) is 2. The molecule has 0 radical (unpaired) electrons. The first-order valence-electron chi connectivity index (χ1n) is 8.20. The van der Waals surface area contributed by atoms with Crippen LogP contribution in [0.4, 0.5) is 11.4 Å². The Morgan fingerprint density at radius 1 is 1.20 bits per heavy atom. The van der Waals surface area contributed by atoms with Crippen molar-refractivity contribution < 1.29 is 14.0 Å². The minimum atomic E-state index is -0.660. The summed E-state index contributed by atoms with van der Waals surface area (Å²) >= 11 is 0. The Bertz CT molecular complexity index is 977. The van der Waals surface area contributed by atoms with Crippen LogP contribution in [0.3, 0.4) is 0 Å². The summed E-state index contributed by atoms with van der Waals surface area (Å²) in [6.45, 7) is 2.30. The van der Waals surface area contributed by atoms with E-state index in [0.29, 0.717) is 29.2 Å². The summed E-state index contributed by atoms with van der Waals surface area (Å²) in [5, 5.41) is 2.65. The summed E-state index contributed by atoms with van der Waals surface area (Å²) in [5.74, 6) is -0.659. The molecule has 0 aliphatic carbocycles. The summed E-state index contributed by atoms with van der Waals surface area (Å²) in [7, 11) is 0. The lowest BCUT2D eigenvalue weighted by atomic mass is 10.0. The molecule has 0 atom stereocenters. The molecule has 0 spiro atoms. The third-order valence-electron chi connectivity index (χ3n) is 4.30. The van der Waals surface area contributed by atoms with Crippen LogP contribution in [0, 0.1) is 6.92 Å². The highest BCUT2D eigenvalue weighted by Crippen LogP contribution is 2.27. The van der Waals surface area contributed by atoms with Crippen molar-refractivity contribution in [2.24, 2.45) is 0 Å². The number of aryl methyl sites for hydroxylation is 2. The molecule has 126 valence electrons. The van der Waals surface area contributed by atoms with Gasteiger partial charge in [-0.1, -0.05) is 18.2 Å². The second kappa shape index (κ2) is 6.05. The van der Waals surface area contributed by atoms with Gasteiger partial charge in [0.15, 0.2) is 11.5 Å². The minimum absolute atomic E-state index is 0.507. The number of benzene rings is 2. The van der Waals surface area contributed by atoms with Gasteiger partial charge >= 0.3 is 11.8 Å². The standard InChI is InChI=1S/C19H17N3O3/c1-12-20-15-9-8-14(11-17(15)25-12)21-18(23)19(24)22-10-4-6-13-5-2-3-7-16(13)22/h2-3,5,7-9,11H,4,6,10H2,1H3,(H,21,23). The molecular weight excluding hydrogens is 318 g/mol. The number of fused-ring (bicyclic) bond motifs is 2. The molecule has 0 saturated carbocycles. The van der Waals surface area contributed by atoms with Gasteiger partial charge in [-0.25, -0.2) is 4.98 Å². The highest BCUT2D eigenvalue weighted by Gasteiger charge is 2.27. The number of para-hydroxylation sites is 1. The van der Waals surface area contributed by atoms with E-state index in [0.717, 1.165) is 24.1 Å². The van der Waals surface area contributed by atoms with E-state index < -0.39 is 11.8 Å². The fraction of sp³-hybridized carbons (Fsp3) is 0.211. The third kappa shape index (κ3) is 2.87. The van der Waals surface area contributed by atoms with E-state index in [4.69, 9.17) is 4.42 Å². The first kappa shape index (κ1) is 15.4. The monoisotopic (exact) mass is 335 g/mol. The Kier molecular flexibility index (Phi) is 3.72. The van der Waals surface area contributed by atoms with E-state index in [1.165, 1.54) is 0 Å². The molecule has 6 heteroatoms. The molecule has 0 bridgehead atoms. The number of carbonyl (C=O) groups excluding carboxylic acids is 2. The molecule has 25 heavy (non-hydrogen) atoms. The van der Waals surface area contributed by atoms with Gasteiger partial charge in [0, 0.05) is 30.9 Å². The zero-order valence-corrected chi connectivity index (χ0v) is 13.8. The van der Waals surface area contributed by atoms with E-state index >= 15 is 0 Å². The molecule has 0 saturated heterocycles. The number of amides is 2. The van der Waals surface area contributed by atoms with Gasteiger partial charge in [0.05, 0.1) is 0 Å². The first-order valence-corrected chi connectivity index (χ1v) is 8.20. The van der Waals surface area contributed by atoms with Gasteiger partial charge in [-0.2, -0.15) is 0 Å². The Morgan fingerprint density at radius 2 is 2.04 bits per heavy atom. The summed E-state index contributed by atoms with van der Waals surface area (Å²) in [6, 6.07) is 12.8.